The van der Waals surface area contributed by atoms with Gasteiger partial charge >= 0.3 is 6.08 Å². The van der Waals surface area contributed by atoms with Crippen molar-refractivity contribution in [1.82, 2.24) is 14.5 Å². The molecule has 0 amide bonds. The van der Waals surface area contributed by atoms with E-state index in [0.717, 1.165) is 5.39 Å². The van der Waals surface area contributed by atoms with E-state index < -0.39 is 37.2 Å². The molecule has 1 aliphatic heterocycles. The summed E-state index contributed by atoms with van der Waals surface area (Å²) in [6.45, 7) is -0.457. The fourth-order valence-electron chi connectivity index (χ4n) is 3.61. The van der Waals surface area contributed by atoms with Crippen LogP contribution < -0.4 is 0 Å². The number of fused-ring (bicyclic) bond motifs is 2. The normalized spacial score (nSPS) is 25.1. The summed E-state index contributed by atoms with van der Waals surface area (Å²) < 4.78 is 27.0. The van der Waals surface area contributed by atoms with Crippen molar-refractivity contribution in [3.63, 3.8) is 0 Å². The van der Waals surface area contributed by atoms with Gasteiger partial charge in [0.05, 0.1) is 6.61 Å². The van der Waals surface area contributed by atoms with Gasteiger partial charge in [0.25, 0.3) is 0 Å². The van der Waals surface area contributed by atoms with Gasteiger partial charge in [-0.3, -0.25) is 0 Å². The van der Waals surface area contributed by atoms with Crippen molar-refractivity contribution in [3.05, 3.63) is 48.7 Å². The second-order valence-electron chi connectivity index (χ2n) is 6.68. The molecule has 0 aliphatic carbocycles. The molecule has 3 N–H and O–H groups in total. The van der Waals surface area contributed by atoms with Crippen LogP contribution in [-0.4, -0.2) is 54.8 Å². The summed E-state index contributed by atoms with van der Waals surface area (Å²) in [5.41, 5.74) is 1.09. The zero-order valence-electron chi connectivity index (χ0n) is 14.4. The summed E-state index contributed by atoms with van der Waals surface area (Å²) in [4.78, 5) is 7.73. The van der Waals surface area contributed by atoms with Gasteiger partial charge in [0.2, 0.25) is 0 Å². The number of para-hydroxylation sites is 1. The fraction of sp³-hybridized carbons (Fsp3) is 0.263. The van der Waals surface area contributed by atoms with Crippen LogP contribution in [0.1, 0.15) is 6.23 Å². The number of hydrogen-bond acceptors (Lipinski definition) is 7. The van der Waals surface area contributed by atoms with E-state index in [9.17, 15) is 19.7 Å². The standard InChI is InChI=1S/C19H16FN3O5/c20-19-21-14(12-7-9-3-1-2-4-11(9)27-12)10-5-6-23(17(10)22-19)18-16(26)15(25)13(8-24)28-18/h1-7,13,15-16,18,24-26H,8H2/t13-,15?,16?,18-/m1/s1. The Morgan fingerprint density at radius 3 is 2.68 bits per heavy atom. The van der Waals surface area contributed by atoms with Crippen molar-refractivity contribution in [1.29, 1.82) is 0 Å². The van der Waals surface area contributed by atoms with Gasteiger partial charge in [0.1, 0.15) is 35.2 Å². The summed E-state index contributed by atoms with van der Waals surface area (Å²) in [5.74, 6) is 0.381. The Kier molecular flexibility index (Phi) is 3.91. The maximum absolute atomic E-state index is 14.2. The number of rotatable bonds is 3. The molecule has 144 valence electrons. The minimum Gasteiger partial charge on any atom is -0.454 e. The zero-order valence-corrected chi connectivity index (χ0v) is 14.4. The molecule has 8 nitrogen and oxygen atoms in total. The molecule has 4 atom stereocenters. The summed E-state index contributed by atoms with van der Waals surface area (Å²) in [7, 11) is 0. The number of aliphatic hydroxyl groups excluding tert-OH is 3. The Labute approximate surface area is 157 Å². The van der Waals surface area contributed by atoms with Crippen LogP contribution in [-0.2, 0) is 4.74 Å². The van der Waals surface area contributed by atoms with Gasteiger partial charge in [-0.25, -0.2) is 0 Å². The van der Waals surface area contributed by atoms with E-state index in [4.69, 9.17) is 9.15 Å². The zero-order chi connectivity index (χ0) is 19.4. The highest BCUT2D eigenvalue weighted by atomic mass is 19.1. The van der Waals surface area contributed by atoms with Gasteiger partial charge in [-0.15, -0.1) is 0 Å². The van der Waals surface area contributed by atoms with E-state index in [-0.39, 0.29) is 11.3 Å². The number of halogens is 1. The van der Waals surface area contributed by atoms with Crippen LogP contribution in [0.2, 0.25) is 0 Å². The first-order chi connectivity index (χ1) is 13.6. The fourth-order valence-corrected chi connectivity index (χ4v) is 3.61. The average molecular weight is 385 g/mol. The number of hydrogen-bond donors (Lipinski definition) is 3. The molecular weight excluding hydrogens is 369 g/mol. The minimum atomic E-state index is -1.31. The summed E-state index contributed by atoms with van der Waals surface area (Å²) >= 11 is 0. The Bertz CT molecular complexity index is 1140. The Hall–Kier alpha value is -2.85. The van der Waals surface area contributed by atoms with Crippen molar-refractivity contribution >= 4 is 22.0 Å². The largest absolute Gasteiger partial charge is 0.454 e. The molecule has 4 heterocycles. The third kappa shape index (κ3) is 2.52. The molecule has 4 aromatic rings. The molecule has 0 radical (unpaired) electrons. The molecule has 0 bridgehead atoms. The Balaban J connectivity index is 1.65. The first-order valence-electron chi connectivity index (χ1n) is 8.72. The van der Waals surface area contributed by atoms with Crippen molar-refractivity contribution in [2.45, 2.75) is 24.5 Å². The van der Waals surface area contributed by atoms with E-state index >= 15 is 0 Å². The Morgan fingerprint density at radius 2 is 1.93 bits per heavy atom. The molecule has 0 saturated carbocycles. The molecule has 1 saturated heterocycles. The molecule has 1 fully saturated rings. The van der Waals surface area contributed by atoms with Gasteiger partial charge in [0.15, 0.2) is 12.0 Å². The summed E-state index contributed by atoms with van der Waals surface area (Å²) in [6, 6.07) is 10.8. The summed E-state index contributed by atoms with van der Waals surface area (Å²) in [5, 5.41) is 30.9. The average Bonchev–Trinajstić information content (AvgIpc) is 3.38. The van der Waals surface area contributed by atoms with Gasteiger partial charge in [-0.2, -0.15) is 14.4 Å². The molecule has 0 spiro atoms. The lowest BCUT2D eigenvalue weighted by Crippen LogP contribution is -2.33. The maximum atomic E-state index is 14.2. The smallest absolute Gasteiger partial charge is 0.311 e. The lowest BCUT2D eigenvalue weighted by atomic mass is 10.1. The van der Waals surface area contributed by atoms with Crippen LogP contribution >= 0.6 is 0 Å². The maximum Gasteiger partial charge on any atom is 0.311 e. The molecule has 5 rings (SSSR count). The number of aromatic nitrogens is 3. The van der Waals surface area contributed by atoms with Crippen molar-refractivity contribution in [2.75, 3.05) is 6.61 Å². The molecule has 28 heavy (non-hydrogen) atoms. The lowest BCUT2D eigenvalue weighted by molar-refractivity contribution is -0.0509. The van der Waals surface area contributed by atoms with E-state index in [1.807, 2.05) is 18.2 Å². The Morgan fingerprint density at radius 1 is 1.11 bits per heavy atom. The predicted molar refractivity (Wildman–Crippen MR) is 95.7 cm³/mol. The SMILES string of the molecule is OC[C@H]1O[C@@H](n2ccc3c(-c4cc5ccccc5o4)nc(F)nc32)C(O)C1O. The quantitative estimate of drug-likeness (QED) is 0.459. The van der Waals surface area contributed by atoms with Crippen LogP contribution in [0.4, 0.5) is 4.39 Å². The lowest BCUT2D eigenvalue weighted by Gasteiger charge is -2.17. The molecule has 2 unspecified atom stereocenters. The van der Waals surface area contributed by atoms with Gasteiger partial charge in [-0.05, 0) is 18.2 Å². The second-order valence-corrected chi connectivity index (χ2v) is 6.68. The van der Waals surface area contributed by atoms with E-state index in [0.29, 0.717) is 16.7 Å². The number of ether oxygens (including phenoxy) is 1. The highest BCUT2D eigenvalue weighted by Gasteiger charge is 2.43. The van der Waals surface area contributed by atoms with Gasteiger partial charge in [0, 0.05) is 17.0 Å². The van der Waals surface area contributed by atoms with E-state index in [1.165, 1.54) is 4.57 Å². The topological polar surface area (TPSA) is 114 Å². The van der Waals surface area contributed by atoms with Gasteiger partial charge < -0.3 is 29.0 Å². The monoisotopic (exact) mass is 385 g/mol. The minimum absolute atomic E-state index is 0.179. The number of nitrogens with zero attached hydrogens (tertiary/aromatic N) is 3. The molecular formula is C19H16FN3O5. The first-order valence-corrected chi connectivity index (χ1v) is 8.72. The third-order valence-electron chi connectivity index (χ3n) is 4.99. The third-order valence-corrected chi connectivity index (χ3v) is 4.99. The van der Waals surface area contributed by atoms with Crippen LogP contribution in [0.3, 0.4) is 0 Å². The molecule has 1 aromatic carbocycles. The van der Waals surface area contributed by atoms with Crippen molar-refractivity contribution in [3.8, 4) is 11.5 Å². The second kappa shape index (κ2) is 6.35. The van der Waals surface area contributed by atoms with Crippen molar-refractivity contribution < 1.29 is 28.9 Å². The van der Waals surface area contributed by atoms with Crippen LogP contribution in [0.15, 0.2) is 47.0 Å². The number of aliphatic hydroxyl groups is 3. The van der Waals surface area contributed by atoms with Crippen molar-refractivity contribution in [2.24, 2.45) is 0 Å². The summed E-state index contributed by atoms with van der Waals surface area (Å²) in [6.07, 6.45) is -3.95. The predicted octanol–water partition coefficient (Wildman–Crippen LogP) is 1.60. The first kappa shape index (κ1) is 17.3. The van der Waals surface area contributed by atoms with E-state index in [2.05, 4.69) is 9.97 Å². The van der Waals surface area contributed by atoms with Crippen LogP contribution in [0, 0.1) is 6.08 Å². The number of benzene rings is 1. The van der Waals surface area contributed by atoms with Crippen LogP contribution in [0.25, 0.3) is 33.5 Å². The number of furan rings is 1. The highest BCUT2D eigenvalue weighted by Crippen LogP contribution is 2.35. The molecule has 3 aromatic heterocycles. The molecule has 9 heteroatoms. The van der Waals surface area contributed by atoms with E-state index in [1.54, 1.807) is 24.4 Å². The molecule has 1 aliphatic rings. The van der Waals surface area contributed by atoms with Crippen LogP contribution in [0.5, 0.6) is 0 Å². The highest BCUT2D eigenvalue weighted by molar-refractivity contribution is 5.92. The van der Waals surface area contributed by atoms with Gasteiger partial charge in [-0.1, -0.05) is 18.2 Å².